The minimum Gasteiger partial charge on any atom is -0.462 e. The van der Waals surface area contributed by atoms with Crippen molar-refractivity contribution in [3.63, 3.8) is 0 Å². The molecule has 0 spiro atoms. The average Bonchev–Trinajstić information content (AvgIpc) is 3.19. The van der Waals surface area contributed by atoms with Gasteiger partial charge < -0.3 is 18.9 Å². The molecule has 0 radical (unpaired) electrons. The van der Waals surface area contributed by atoms with Crippen LogP contribution in [0.15, 0.2) is 72.9 Å². The topological polar surface area (TPSA) is 108 Å². The highest BCUT2D eigenvalue weighted by Crippen LogP contribution is 2.43. The molecular formula is C49H87NO8P+. The number of hydrogen-bond acceptors (Lipinski definition) is 7. The van der Waals surface area contributed by atoms with Gasteiger partial charge >= 0.3 is 19.8 Å². The molecule has 0 rings (SSSR count). The first kappa shape index (κ1) is 56.5. The Morgan fingerprint density at radius 3 is 1.44 bits per heavy atom. The van der Waals surface area contributed by atoms with Gasteiger partial charge in [-0.1, -0.05) is 170 Å². The van der Waals surface area contributed by atoms with E-state index in [0.29, 0.717) is 17.4 Å². The SMILES string of the molecule is CC/C=C\C/C=C\C/C=C\C/C=C\C/C=C\C/C=C\CCCCCCCCC(=O)OC(COC(=O)CCCCCCCCCCCC)COP(=O)(O)OCC[N+](C)(C)C. The Morgan fingerprint density at radius 1 is 0.542 bits per heavy atom. The number of esters is 2. The number of phosphoric ester groups is 1. The molecule has 0 saturated heterocycles. The Balaban J connectivity index is 4.29. The molecule has 2 unspecified atom stereocenters. The van der Waals surface area contributed by atoms with E-state index in [1.54, 1.807) is 0 Å². The van der Waals surface area contributed by atoms with Crippen LogP contribution in [0.2, 0.25) is 0 Å². The Hall–Kier alpha value is -2.55. The molecule has 0 aromatic carbocycles. The van der Waals surface area contributed by atoms with Crippen LogP contribution < -0.4 is 0 Å². The van der Waals surface area contributed by atoms with Crippen LogP contribution in [0.1, 0.15) is 174 Å². The Morgan fingerprint density at radius 2 is 0.966 bits per heavy atom. The van der Waals surface area contributed by atoms with E-state index in [9.17, 15) is 19.0 Å². The van der Waals surface area contributed by atoms with Gasteiger partial charge in [-0.2, -0.15) is 0 Å². The van der Waals surface area contributed by atoms with Gasteiger partial charge in [-0.25, -0.2) is 4.57 Å². The zero-order valence-electron chi connectivity index (χ0n) is 38.2. The second-order valence-corrected chi connectivity index (χ2v) is 17.9. The summed E-state index contributed by atoms with van der Waals surface area (Å²) in [5, 5.41) is 0. The van der Waals surface area contributed by atoms with Crippen molar-refractivity contribution in [2.75, 3.05) is 47.5 Å². The summed E-state index contributed by atoms with van der Waals surface area (Å²) in [5.74, 6) is -0.821. The number of phosphoric acid groups is 1. The van der Waals surface area contributed by atoms with Crippen molar-refractivity contribution < 1.29 is 42.1 Å². The number of ether oxygens (including phenoxy) is 2. The lowest BCUT2D eigenvalue weighted by molar-refractivity contribution is -0.870. The van der Waals surface area contributed by atoms with E-state index in [2.05, 4.69) is 86.8 Å². The predicted octanol–water partition coefficient (Wildman–Crippen LogP) is 13.4. The molecule has 0 heterocycles. The Labute approximate surface area is 361 Å². The molecule has 0 aliphatic carbocycles. The van der Waals surface area contributed by atoms with Gasteiger partial charge in [0, 0.05) is 12.8 Å². The minimum atomic E-state index is -4.38. The zero-order chi connectivity index (χ0) is 43.6. The Kier molecular flexibility index (Phi) is 39.1. The van der Waals surface area contributed by atoms with Crippen LogP contribution in [0, 0.1) is 0 Å². The summed E-state index contributed by atoms with van der Waals surface area (Å²) < 4.78 is 34.3. The predicted molar refractivity (Wildman–Crippen MR) is 247 cm³/mol. The van der Waals surface area contributed by atoms with Crippen LogP contribution in [0.5, 0.6) is 0 Å². The smallest absolute Gasteiger partial charge is 0.462 e. The van der Waals surface area contributed by atoms with E-state index < -0.39 is 26.5 Å². The van der Waals surface area contributed by atoms with Gasteiger partial charge in [0.15, 0.2) is 6.10 Å². The number of rotatable bonds is 41. The van der Waals surface area contributed by atoms with Crippen molar-refractivity contribution in [2.24, 2.45) is 0 Å². The third-order valence-corrected chi connectivity index (χ3v) is 10.5. The van der Waals surface area contributed by atoms with Crippen LogP contribution in [-0.4, -0.2) is 74.9 Å². The second-order valence-electron chi connectivity index (χ2n) is 16.4. The molecule has 0 aromatic rings. The van der Waals surface area contributed by atoms with Gasteiger partial charge in [-0.15, -0.1) is 0 Å². The molecule has 0 aliphatic heterocycles. The Bertz CT molecular complexity index is 1230. The summed E-state index contributed by atoms with van der Waals surface area (Å²) >= 11 is 0. The van der Waals surface area contributed by atoms with Crippen molar-refractivity contribution in [1.82, 2.24) is 0 Å². The summed E-state index contributed by atoms with van der Waals surface area (Å²) in [7, 11) is 1.46. The van der Waals surface area contributed by atoms with E-state index in [4.69, 9.17) is 18.5 Å². The third-order valence-electron chi connectivity index (χ3n) is 9.50. The molecule has 0 bridgehead atoms. The molecule has 9 nitrogen and oxygen atoms in total. The van der Waals surface area contributed by atoms with Crippen molar-refractivity contribution in [1.29, 1.82) is 0 Å². The molecular weight excluding hydrogens is 762 g/mol. The third kappa shape index (κ3) is 44.8. The molecule has 0 amide bonds. The lowest BCUT2D eigenvalue weighted by Crippen LogP contribution is -2.37. The van der Waals surface area contributed by atoms with Gasteiger partial charge in [0.05, 0.1) is 27.7 Å². The summed E-state index contributed by atoms with van der Waals surface area (Å²) in [6.45, 7) is 4.26. The highest BCUT2D eigenvalue weighted by molar-refractivity contribution is 7.47. The number of carbonyl (C=O) groups is 2. The van der Waals surface area contributed by atoms with Crippen molar-refractivity contribution in [3.05, 3.63) is 72.9 Å². The molecule has 59 heavy (non-hydrogen) atoms. The maximum absolute atomic E-state index is 12.7. The zero-order valence-corrected chi connectivity index (χ0v) is 39.1. The number of hydrogen-bond donors (Lipinski definition) is 1. The molecule has 0 aromatic heterocycles. The number of nitrogens with zero attached hydrogens (tertiary/aromatic N) is 1. The molecule has 340 valence electrons. The molecule has 0 aliphatic rings. The number of quaternary nitrogens is 1. The largest absolute Gasteiger partial charge is 0.472 e. The quantitative estimate of drug-likeness (QED) is 0.0213. The van der Waals surface area contributed by atoms with Crippen LogP contribution in [0.3, 0.4) is 0 Å². The van der Waals surface area contributed by atoms with Crippen molar-refractivity contribution in [3.8, 4) is 0 Å². The fraction of sp³-hybridized carbons (Fsp3) is 0.714. The van der Waals surface area contributed by atoms with E-state index in [-0.39, 0.29) is 32.0 Å². The lowest BCUT2D eigenvalue weighted by Gasteiger charge is -2.24. The summed E-state index contributed by atoms with van der Waals surface area (Å²) in [6, 6.07) is 0. The van der Waals surface area contributed by atoms with Gasteiger partial charge in [0.2, 0.25) is 0 Å². The normalized spacial score (nSPS) is 14.2. The maximum atomic E-state index is 12.7. The van der Waals surface area contributed by atoms with Gasteiger partial charge in [0.25, 0.3) is 0 Å². The fourth-order valence-corrected chi connectivity index (χ4v) is 6.64. The molecule has 1 N–H and O–H groups in total. The molecule has 0 saturated carbocycles. The van der Waals surface area contributed by atoms with Crippen molar-refractivity contribution >= 4 is 19.8 Å². The molecule has 2 atom stereocenters. The van der Waals surface area contributed by atoms with Crippen LogP contribution >= 0.6 is 7.82 Å². The molecule has 0 fully saturated rings. The minimum absolute atomic E-state index is 0.0259. The first-order valence-electron chi connectivity index (χ1n) is 23.2. The first-order valence-corrected chi connectivity index (χ1v) is 24.7. The van der Waals surface area contributed by atoms with E-state index in [1.807, 2.05) is 21.1 Å². The van der Waals surface area contributed by atoms with Crippen molar-refractivity contribution in [2.45, 2.75) is 180 Å². The summed E-state index contributed by atoms with van der Waals surface area (Å²) in [5.41, 5.74) is 0. The lowest BCUT2D eigenvalue weighted by atomic mass is 10.1. The van der Waals surface area contributed by atoms with Gasteiger partial charge in [-0.3, -0.25) is 18.6 Å². The monoisotopic (exact) mass is 849 g/mol. The van der Waals surface area contributed by atoms with Crippen LogP contribution in [0.4, 0.5) is 0 Å². The maximum Gasteiger partial charge on any atom is 0.472 e. The van der Waals surface area contributed by atoms with E-state index >= 15 is 0 Å². The molecule has 10 heteroatoms. The van der Waals surface area contributed by atoms with Gasteiger partial charge in [0.1, 0.15) is 19.8 Å². The van der Waals surface area contributed by atoms with Gasteiger partial charge in [-0.05, 0) is 64.2 Å². The number of allylic oxidation sites excluding steroid dienone is 12. The fourth-order valence-electron chi connectivity index (χ4n) is 5.90. The summed E-state index contributed by atoms with van der Waals surface area (Å²) in [6.07, 6.45) is 51.0. The van der Waals surface area contributed by atoms with Crippen LogP contribution in [-0.2, 0) is 32.7 Å². The number of likely N-dealkylation sites (N-methyl/N-ethyl adjacent to an activating group) is 1. The highest BCUT2D eigenvalue weighted by Gasteiger charge is 2.27. The van der Waals surface area contributed by atoms with E-state index in [1.165, 1.54) is 44.9 Å². The number of unbranched alkanes of at least 4 members (excludes halogenated alkanes) is 15. The summed E-state index contributed by atoms with van der Waals surface area (Å²) in [4.78, 5) is 35.3. The highest BCUT2D eigenvalue weighted by atomic mass is 31.2. The second kappa shape index (κ2) is 40.8. The standard InChI is InChI=1S/C49H86NO8P/c1-6-8-10-12-14-16-18-19-20-21-22-23-24-25-26-27-28-29-30-31-32-34-36-38-40-42-49(52)58-47(46-57-59(53,54)56-44-43-50(3,4)5)45-55-48(51)41-39-37-35-33-17-15-13-11-9-7-2/h8,10,14,16,19-20,22-23,25-26,28-29,47H,6-7,9,11-13,15,17-18,21,24,27,30-46H2,1-5H3/p+1/b10-8-,16-14-,20-19-,23-22-,26-25-,29-28-. The van der Waals surface area contributed by atoms with Crippen LogP contribution in [0.25, 0.3) is 0 Å². The first-order chi connectivity index (χ1) is 28.5. The van der Waals surface area contributed by atoms with E-state index in [0.717, 1.165) is 96.3 Å². The number of carbonyl (C=O) groups excluding carboxylic acids is 2. The average molecular weight is 849 g/mol.